The number of pyridine rings is 1. The van der Waals surface area contributed by atoms with Crippen molar-refractivity contribution in [3.05, 3.63) is 84.3 Å². The van der Waals surface area contributed by atoms with E-state index in [2.05, 4.69) is 20.3 Å². The molecule has 0 bridgehead atoms. The Labute approximate surface area is 265 Å². The van der Waals surface area contributed by atoms with E-state index in [0.717, 1.165) is 6.42 Å². The number of alkyl halides is 2. The lowest BCUT2D eigenvalue weighted by Crippen LogP contribution is -2.60. The van der Waals surface area contributed by atoms with Crippen LogP contribution in [-0.4, -0.2) is 71.7 Å². The van der Waals surface area contributed by atoms with Crippen LogP contribution in [0.5, 0.6) is 0 Å². The first-order valence-electron chi connectivity index (χ1n) is 15.1. The number of nitrogens with zero attached hydrogens (tertiary/aromatic N) is 6. The number of hydrogen-bond acceptors (Lipinski definition) is 8. The Bertz CT molecular complexity index is 1860. The molecule has 0 unspecified atom stereocenters. The molecule has 1 atom stereocenters. The molecular formula is C32H33F2N7O4S. The second-order valence-corrected chi connectivity index (χ2v) is 13.2. The lowest BCUT2D eigenvalue weighted by atomic mass is 10.0. The number of sulfonamides is 1. The minimum absolute atomic E-state index is 0.000385. The Morgan fingerprint density at radius 1 is 1.00 bits per heavy atom. The maximum Gasteiger partial charge on any atom is 0.273 e. The number of amides is 2. The van der Waals surface area contributed by atoms with Crippen LogP contribution in [0.1, 0.15) is 37.3 Å². The highest BCUT2D eigenvalue weighted by atomic mass is 32.2. The van der Waals surface area contributed by atoms with Crippen LogP contribution in [0, 0.1) is 0 Å². The van der Waals surface area contributed by atoms with E-state index in [-0.39, 0.29) is 49.0 Å². The van der Waals surface area contributed by atoms with E-state index in [9.17, 15) is 26.8 Å². The molecule has 0 aliphatic carbocycles. The summed E-state index contributed by atoms with van der Waals surface area (Å²) in [4.78, 5) is 42.5. The summed E-state index contributed by atoms with van der Waals surface area (Å²) in [7, 11) is -4.14. The molecule has 2 fully saturated rings. The molecule has 6 rings (SSSR count). The van der Waals surface area contributed by atoms with Gasteiger partial charge in [0.25, 0.3) is 5.92 Å². The number of aromatic nitrogens is 3. The van der Waals surface area contributed by atoms with Crippen molar-refractivity contribution in [3.8, 4) is 0 Å². The molecule has 46 heavy (non-hydrogen) atoms. The molecule has 2 amide bonds. The maximum atomic E-state index is 14.1. The highest BCUT2D eigenvalue weighted by Gasteiger charge is 2.41. The summed E-state index contributed by atoms with van der Waals surface area (Å²) < 4.78 is 57.3. The zero-order chi connectivity index (χ0) is 32.5. The fraction of sp³-hybridized carbons (Fsp3) is 0.344. The van der Waals surface area contributed by atoms with E-state index >= 15 is 0 Å². The van der Waals surface area contributed by atoms with Gasteiger partial charge in [-0.2, -0.15) is 4.31 Å². The van der Waals surface area contributed by atoms with Gasteiger partial charge in [0.05, 0.1) is 22.8 Å². The number of rotatable bonds is 9. The van der Waals surface area contributed by atoms with Crippen LogP contribution in [0.4, 0.5) is 20.3 Å². The Kier molecular flexibility index (Phi) is 8.66. The van der Waals surface area contributed by atoms with E-state index in [0.29, 0.717) is 41.1 Å². The predicted octanol–water partition coefficient (Wildman–Crippen LogP) is 3.85. The molecule has 0 spiro atoms. The van der Waals surface area contributed by atoms with Crippen molar-refractivity contribution >= 4 is 44.4 Å². The van der Waals surface area contributed by atoms with Gasteiger partial charge in [-0.15, -0.1) is 0 Å². The highest BCUT2D eigenvalue weighted by molar-refractivity contribution is 7.89. The fourth-order valence-corrected chi connectivity index (χ4v) is 7.28. The number of hydrogen-bond donors (Lipinski definition) is 1. The number of carbonyl (C=O) groups is 2. The van der Waals surface area contributed by atoms with E-state index in [4.69, 9.17) is 0 Å². The Morgan fingerprint density at radius 2 is 1.76 bits per heavy atom. The number of piperazine rings is 1. The van der Waals surface area contributed by atoms with Crippen LogP contribution in [0.25, 0.3) is 11.0 Å². The first kappa shape index (κ1) is 31.4. The number of benzene rings is 2. The summed E-state index contributed by atoms with van der Waals surface area (Å²) in [6.45, 7) is 2.24. The molecule has 0 radical (unpaired) electrons. The van der Waals surface area contributed by atoms with Gasteiger partial charge in [0, 0.05) is 63.0 Å². The maximum absolute atomic E-state index is 14.1. The Balaban J connectivity index is 1.25. The van der Waals surface area contributed by atoms with Crippen LogP contribution in [0.2, 0.25) is 0 Å². The van der Waals surface area contributed by atoms with E-state index in [1.807, 2.05) is 4.90 Å². The molecule has 1 N–H and O–H groups in total. The molecule has 0 saturated carbocycles. The molecule has 2 aromatic carbocycles. The number of nitrogens with one attached hydrogen (secondary N) is 1. The molecule has 240 valence electrons. The summed E-state index contributed by atoms with van der Waals surface area (Å²) in [6, 6.07) is 12.4. The summed E-state index contributed by atoms with van der Waals surface area (Å²) in [6.07, 6.45) is 5.62. The SMILES string of the molecule is CCC(F)(F)c1ccc(CNC(=O)[C@H]2CN(c3cnc4cnccc4n3)CCN2S(=O)(=O)c2ccc(N3CCCC3=O)cc2)cc1. The van der Waals surface area contributed by atoms with Gasteiger partial charge in [0.2, 0.25) is 21.8 Å². The van der Waals surface area contributed by atoms with Crippen molar-refractivity contribution < 1.29 is 26.8 Å². The zero-order valence-electron chi connectivity index (χ0n) is 25.1. The fourth-order valence-electron chi connectivity index (χ4n) is 5.71. The summed E-state index contributed by atoms with van der Waals surface area (Å²) in [5.41, 5.74) is 2.30. The smallest absolute Gasteiger partial charge is 0.273 e. The lowest BCUT2D eigenvalue weighted by molar-refractivity contribution is -0.125. The molecule has 2 aliphatic rings. The van der Waals surface area contributed by atoms with Crippen molar-refractivity contribution in [2.45, 2.75) is 49.6 Å². The third-order valence-electron chi connectivity index (χ3n) is 8.41. The van der Waals surface area contributed by atoms with Crippen LogP contribution in [0.3, 0.4) is 0 Å². The quantitative estimate of drug-likeness (QED) is 0.290. The molecule has 2 aromatic heterocycles. The predicted molar refractivity (Wildman–Crippen MR) is 168 cm³/mol. The van der Waals surface area contributed by atoms with Gasteiger partial charge in [-0.3, -0.25) is 14.6 Å². The third kappa shape index (κ3) is 6.27. The molecule has 2 saturated heterocycles. The van der Waals surface area contributed by atoms with Crippen LogP contribution < -0.4 is 15.1 Å². The largest absolute Gasteiger partial charge is 0.352 e. The minimum atomic E-state index is -4.14. The van der Waals surface area contributed by atoms with E-state index in [1.165, 1.54) is 47.6 Å². The molecule has 14 heteroatoms. The summed E-state index contributed by atoms with van der Waals surface area (Å²) >= 11 is 0. The standard InChI is InChI=1S/C32H33F2N7O4S/c1-2-32(33,34)23-7-5-22(6-8-23)18-37-31(43)28-21-39(29-20-36-27-19-35-14-13-26(27)38-29)16-17-41(28)46(44,45)25-11-9-24(10-12-25)40-15-3-4-30(40)42/h5-14,19-20,28H,2-4,15-18,21H2,1H3,(H,37,43)/t28-/m1/s1. The average Bonchev–Trinajstić information content (AvgIpc) is 3.52. The van der Waals surface area contributed by atoms with Gasteiger partial charge in [-0.05, 0) is 42.3 Å². The van der Waals surface area contributed by atoms with Gasteiger partial charge in [0.15, 0.2) is 0 Å². The zero-order valence-corrected chi connectivity index (χ0v) is 26.0. The van der Waals surface area contributed by atoms with Gasteiger partial charge in [0.1, 0.15) is 17.4 Å². The van der Waals surface area contributed by atoms with E-state index < -0.39 is 27.9 Å². The van der Waals surface area contributed by atoms with Crippen LogP contribution in [-0.2, 0) is 32.1 Å². The van der Waals surface area contributed by atoms with Gasteiger partial charge >= 0.3 is 0 Å². The van der Waals surface area contributed by atoms with Gasteiger partial charge < -0.3 is 15.1 Å². The number of anilines is 2. The second kappa shape index (κ2) is 12.7. The van der Waals surface area contributed by atoms with Crippen LogP contribution >= 0.6 is 0 Å². The Morgan fingerprint density at radius 3 is 2.46 bits per heavy atom. The first-order chi connectivity index (χ1) is 22.1. The van der Waals surface area contributed by atoms with Crippen molar-refractivity contribution in [1.82, 2.24) is 24.6 Å². The van der Waals surface area contributed by atoms with Crippen molar-refractivity contribution in [1.29, 1.82) is 0 Å². The third-order valence-corrected chi connectivity index (χ3v) is 10.3. The average molecular weight is 650 g/mol. The topological polar surface area (TPSA) is 129 Å². The molecule has 11 nitrogen and oxygen atoms in total. The van der Waals surface area contributed by atoms with Crippen molar-refractivity contribution in [2.24, 2.45) is 0 Å². The van der Waals surface area contributed by atoms with E-state index in [1.54, 1.807) is 41.7 Å². The second-order valence-electron chi connectivity index (χ2n) is 11.3. The highest BCUT2D eigenvalue weighted by Crippen LogP contribution is 2.31. The number of carbonyl (C=O) groups excluding carboxylic acids is 2. The monoisotopic (exact) mass is 649 g/mol. The van der Waals surface area contributed by atoms with Crippen molar-refractivity contribution in [2.75, 3.05) is 36.0 Å². The summed E-state index contributed by atoms with van der Waals surface area (Å²) in [5.74, 6) is -3.02. The molecule has 4 heterocycles. The molecule has 4 aromatic rings. The number of halogens is 2. The molecular weight excluding hydrogens is 616 g/mol. The van der Waals surface area contributed by atoms with Gasteiger partial charge in [-0.25, -0.2) is 27.2 Å². The lowest BCUT2D eigenvalue weighted by Gasteiger charge is -2.40. The molecule has 2 aliphatic heterocycles. The normalized spacial score (nSPS) is 17.9. The van der Waals surface area contributed by atoms with Crippen molar-refractivity contribution in [3.63, 3.8) is 0 Å². The minimum Gasteiger partial charge on any atom is -0.352 e. The van der Waals surface area contributed by atoms with Crippen LogP contribution in [0.15, 0.2) is 78.1 Å². The Hall–Kier alpha value is -4.56. The van der Waals surface area contributed by atoms with Gasteiger partial charge in [-0.1, -0.05) is 31.2 Å². The summed E-state index contributed by atoms with van der Waals surface area (Å²) in [5, 5.41) is 2.80. The number of fused-ring (bicyclic) bond motifs is 1. The first-order valence-corrected chi connectivity index (χ1v) is 16.5.